The molecule has 19 heavy (non-hydrogen) atoms. The lowest BCUT2D eigenvalue weighted by atomic mass is 9.89. The minimum Gasteiger partial charge on any atom is -0.490 e. The van der Waals surface area contributed by atoms with Crippen LogP contribution in [0.3, 0.4) is 0 Å². The Morgan fingerprint density at radius 1 is 1.16 bits per heavy atom. The van der Waals surface area contributed by atoms with E-state index in [4.69, 9.17) is 9.94 Å². The van der Waals surface area contributed by atoms with Crippen molar-refractivity contribution in [1.82, 2.24) is 0 Å². The molecule has 2 aliphatic carbocycles. The van der Waals surface area contributed by atoms with Crippen LogP contribution < -0.4 is 4.74 Å². The van der Waals surface area contributed by atoms with Gasteiger partial charge in [0.25, 0.3) is 0 Å². The number of ether oxygens (including phenoxy) is 1. The van der Waals surface area contributed by atoms with E-state index < -0.39 is 0 Å². The van der Waals surface area contributed by atoms with Gasteiger partial charge < -0.3 is 9.94 Å². The molecule has 0 atom stereocenters. The zero-order chi connectivity index (χ0) is 13.2. The highest BCUT2D eigenvalue weighted by Gasteiger charge is 2.22. The highest BCUT2D eigenvalue weighted by molar-refractivity contribution is 6.04. The number of hydrogen-bond acceptors (Lipinski definition) is 3. The first-order chi connectivity index (χ1) is 9.26. The van der Waals surface area contributed by atoms with Gasteiger partial charge in [0, 0.05) is 5.56 Å². The highest BCUT2D eigenvalue weighted by Crippen LogP contribution is 2.30. The Labute approximate surface area is 114 Å². The van der Waals surface area contributed by atoms with Crippen molar-refractivity contribution in [3.63, 3.8) is 0 Å². The van der Waals surface area contributed by atoms with Crippen molar-refractivity contribution < 1.29 is 9.94 Å². The number of aryl methyl sites for hydroxylation is 1. The van der Waals surface area contributed by atoms with Crippen molar-refractivity contribution in [3.05, 3.63) is 29.3 Å². The van der Waals surface area contributed by atoms with Crippen molar-refractivity contribution in [2.24, 2.45) is 11.1 Å². The van der Waals surface area contributed by atoms with Gasteiger partial charge in [-0.3, -0.25) is 0 Å². The van der Waals surface area contributed by atoms with Gasteiger partial charge in [-0.25, -0.2) is 0 Å². The Balaban J connectivity index is 1.70. The van der Waals surface area contributed by atoms with Crippen molar-refractivity contribution in [2.45, 2.75) is 51.6 Å². The molecular weight excluding hydrogens is 238 g/mol. The van der Waals surface area contributed by atoms with Crippen molar-refractivity contribution in [2.75, 3.05) is 0 Å². The predicted molar refractivity (Wildman–Crippen MR) is 75.1 cm³/mol. The summed E-state index contributed by atoms with van der Waals surface area (Å²) in [6.07, 6.45) is 7.04. The van der Waals surface area contributed by atoms with Crippen LogP contribution in [0, 0.1) is 5.92 Å². The number of oxime groups is 1. The first-order valence-corrected chi connectivity index (χ1v) is 7.27. The SMILES string of the molecule is CC1CCC(Oc2ccc3c(c2)CC/C3=N\O)CC1. The summed E-state index contributed by atoms with van der Waals surface area (Å²) in [4.78, 5) is 0. The molecule has 1 N–H and O–H groups in total. The van der Waals surface area contributed by atoms with E-state index in [1.807, 2.05) is 12.1 Å². The number of nitrogens with zero attached hydrogens (tertiary/aromatic N) is 1. The van der Waals surface area contributed by atoms with E-state index in [2.05, 4.69) is 18.1 Å². The number of rotatable bonds is 2. The monoisotopic (exact) mass is 259 g/mol. The van der Waals surface area contributed by atoms with Crippen LogP contribution >= 0.6 is 0 Å². The van der Waals surface area contributed by atoms with Crippen LogP contribution in [0.15, 0.2) is 23.4 Å². The average molecular weight is 259 g/mol. The second-order valence-electron chi connectivity index (χ2n) is 5.87. The second-order valence-corrected chi connectivity index (χ2v) is 5.87. The quantitative estimate of drug-likeness (QED) is 0.649. The Bertz CT molecular complexity index is 488. The standard InChI is InChI=1S/C16H21NO2/c1-11-2-5-13(6-3-11)19-14-7-8-15-12(10-14)4-9-16(15)17-18/h7-8,10-11,13,18H,2-6,9H2,1H3/b17-16+. The van der Waals surface area contributed by atoms with Gasteiger partial charge in [-0.1, -0.05) is 12.1 Å². The summed E-state index contributed by atoms with van der Waals surface area (Å²) in [5.41, 5.74) is 3.12. The fraction of sp³-hybridized carbons (Fsp3) is 0.562. The molecule has 3 rings (SSSR count). The zero-order valence-electron chi connectivity index (χ0n) is 11.4. The summed E-state index contributed by atoms with van der Waals surface area (Å²) in [7, 11) is 0. The first-order valence-electron chi connectivity index (χ1n) is 7.27. The lowest BCUT2D eigenvalue weighted by Gasteiger charge is -2.27. The lowest BCUT2D eigenvalue weighted by Crippen LogP contribution is -2.23. The Morgan fingerprint density at radius 2 is 1.95 bits per heavy atom. The van der Waals surface area contributed by atoms with Gasteiger partial charge in [0.15, 0.2) is 0 Å². The van der Waals surface area contributed by atoms with E-state index in [0.717, 1.165) is 35.8 Å². The molecule has 0 spiro atoms. The Kier molecular flexibility index (Phi) is 3.45. The topological polar surface area (TPSA) is 41.8 Å². The number of benzene rings is 1. The van der Waals surface area contributed by atoms with Gasteiger partial charge in [-0.05, 0) is 68.2 Å². The maximum absolute atomic E-state index is 8.92. The van der Waals surface area contributed by atoms with Crippen molar-refractivity contribution >= 4 is 5.71 Å². The lowest BCUT2D eigenvalue weighted by molar-refractivity contribution is 0.135. The second kappa shape index (κ2) is 5.24. The molecule has 1 aromatic rings. The number of fused-ring (bicyclic) bond motifs is 1. The van der Waals surface area contributed by atoms with Crippen LogP contribution in [0.25, 0.3) is 0 Å². The molecule has 0 saturated heterocycles. The van der Waals surface area contributed by atoms with Crippen LogP contribution in [-0.2, 0) is 6.42 Å². The van der Waals surface area contributed by atoms with Crippen molar-refractivity contribution in [3.8, 4) is 5.75 Å². The fourth-order valence-corrected chi connectivity index (χ4v) is 3.16. The van der Waals surface area contributed by atoms with Gasteiger partial charge in [0.05, 0.1) is 11.8 Å². The smallest absolute Gasteiger partial charge is 0.120 e. The molecule has 3 nitrogen and oxygen atoms in total. The van der Waals surface area contributed by atoms with Gasteiger partial charge >= 0.3 is 0 Å². The van der Waals surface area contributed by atoms with E-state index in [-0.39, 0.29) is 0 Å². The van der Waals surface area contributed by atoms with Gasteiger partial charge in [0.1, 0.15) is 5.75 Å². The van der Waals surface area contributed by atoms with E-state index in [9.17, 15) is 0 Å². The molecule has 0 radical (unpaired) electrons. The summed E-state index contributed by atoms with van der Waals surface area (Å²) in [5.74, 6) is 1.82. The molecule has 0 bridgehead atoms. The molecule has 2 aliphatic rings. The molecule has 0 aromatic heterocycles. The fourth-order valence-electron chi connectivity index (χ4n) is 3.16. The first kappa shape index (κ1) is 12.5. The van der Waals surface area contributed by atoms with Crippen LogP contribution in [-0.4, -0.2) is 17.0 Å². The average Bonchev–Trinajstić information content (AvgIpc) is 2.83. The van der Waals surface area contributed by atoms with E-state index >= 15 is 0 Å². The van der Waals surface area contributed by atoms with Crippen molar-refractivity contribution in [1.29, 1.82) is 0 Å². The molecule has 1 aromatic carbocycles. The minimum absolute atomic E-state index is 0.377. The summed E-state index contributed by atoms with van der Waals surface area (Å²) < 4.78 is 6.10. The van der Waals surface area contributed by atoms with E-state index in [1.165, 1.54) is 31.2 Å². The summed E-state index contributed by atoms with van der Waals surface area (Å²) in [5, 5.41) is 12.3. The third kappa shape index (κ3) is 2.60. The molecule has 3 heteroatoms. The van der Waals surface area contributed by atoms with E-state index in [1.54, 1.807) is 0 Å². The van der Waals surface area contributed by atoms with Crippen LogP contribution in [0.2, 0.25) is 0 Å². The molecule has 0 amide bonds. The molecule has 0 aliphatic heterocycles. The predicted octanol–water partition coefficient (Wildman–Crippen LogP) is 3.77. The minimum atomic E-state index is 0.377. The van der Waals surface area contributed by atoms with E-state index in [0.29, 0.717) is 6.10 Å². The number of hydrogen-bond donors (Lipinski definition) is 1. The van der Waals surface area contributed by atoms with Crippen LogP contribution in [0.4, 0.5) is 0 Å². The Hall–Kier alpha value is -1.51. The summed E-state index contributed by atoms with van der Waals surface area (Å²) in [6.45, 7) is 2.32. The molecule has 0 unspecified atom stereocenters. The summed E-state index contributed by atoms with van der Waals surface area (Å²) in [6, 6.07) is 6.15. The third-order valence-corrected chi connectivity index (χ3v) is 4.41. The highest BCUT2D eigenvalue weighted by atomic mass is 16.5. The molecule has 1 fully saturated rings. The van der Waals surface area contributed by atoms with Crippen LogP contribution in [0.5, 0.6) is 5.75 Å². The van der Waals surface area contributed by atoms with Gasteiger partial charge in [-0.15, -0.1) is 0 Å². The molecular formula is C16H21NO2. The molecule has 0 heterocycles. The summed E-state index contributed by atoms with van der Waals surface area (Å²) >= 11 is 0. The normalized spacial score (nSPS) is 28.4. The molecule has 1 saturated carbocycles. The molecule has 102 valence electrons. The zero-order valence-corrected chi connectivity index (χ0v) is 11.4. The third-order valence-electron chi connectivity index (χ3n) is 4.41. The Morgan fingerprint density at radius 3 is 2.68 bits per heavy atom. The van der Waals surface area contributed by atoms with Gasteiger partial charge in [-0.2, -0.15) is 0 Å². The van der Waals surface area contributed by atoms with Crippen LogP contribution in [0.1, 0.15) is 50.2 Å². The largest absolute Gasteiger partial charge is 0.490 e. The maximum atomic E-state index is 8.92. The van der Waals surface area contributed by atoms with Gasteiger partial charge in [0.2, 0.25) is 0 Å². The maximum Gasteiger partial charge on any atom is 0.120 e.